The number of pyridine rings is 1. The molecule has 0 spiro atoms. The molecule has 1 aromatic carbocycles. The van der Waals surface area contributed by atoms with E-state index in [-0.39, 0.29) is 5.82 Å². The van der Waals surface area contributed by atoms with Crippen LogP contribution in [0.15, 0.2) is 35.1 Å². The fourth-order valence-electron chi connectivity index (χ4n) is 2.21. The number of alkyl halides is 2. The summed E-state index contributed by atoms with van der Waals surface area (Å²) in [4.78, 5) is 12.1. The summed E-state index contributed by atoms with van der Waals surface area (Å²) in [5, 5.41) is 0. The third-order valence-electron chi connectivity index (χ3n) is 3.17. The van der Waals surface area contributed by atoms with Crippen LogP contribution in [0.3, 0.4) is 0 Å². The minimum absolute atomic E-state index is 0.372. The van der Waals surface area contributed by atoms with Crippen molar-refractivity contribution in [3.63, 3.8) is 0 Å². The summed E-state index contributed by atoms with van der Waals surface area (Å²) >= 11 is 1.82. The summed E-state index contributed by atoms with van der Waals surface area (Å²) in [5.41, 5.74) is 1.21. The van der Waals surface area contributed by atoms with Gasteiger partial charge in [-0.05, 0) is 64.9 Å². The Kier molecular flexibility index (Phi) is 5.08. The van der Waals surface area contributed by atoms with E-state index in [2.05, 4.69) is 0 Å². The van der Waals surface area contributed by atoms with Crippen molar-refractivity contribution >= 4 is 22.6 Å². The fourth-order valence-corrected chi connectivity index (χ4v) is 2.68. The third kappa shape index (κ3) is 3.48. The Morgan fingerprint density at radius 2 is 1.95 bits per heavy atom. The van der Waals surface area contributed by atoms with Gasteiger partial charge in [0.1, 0.15) is 5.82 Å². The molecular weight excluding hydrogens is 394 g/mol. The maximum absolute atomic E-state index is 13.3. The number of hydrogen-bond donors (Lipinski definition) is 0. The molecule has 0 unspecified atom stereocenters. The molecule has 2 nitrogen and oxygen atoms in total. The summed E-state index contributed by atoms with van der Waals surface area (Å²) < 4.78 is 40.2. The lowest BCUT2D eigenvalue weighted by Gasteiger charge is -2.16. The molecule has 21 heavy (non-hydrogen) atoms. The molecule has 0 atom stereocenters. The zero-order valence-corrected chi connectivity index (χ0v) is 13.4. The van der Waals surface area contributed by atoms with Crippen LogP contribution >= 0.6 is 22.6 Å². The van der Waals surface area contributed by atoms with E-state index in [0.29, 0.717) is 26.8 Å². The van der Waals surface area contributed by atoms with Crippen molar-refractivity contribution in [2.45, 2.75) is 26.3 Å². The van der Waals surface area contributed by atoms with Crippen LogP contribution in [0.5, 0.6) is 0 Å². The smallest absolute Gasteiger partial charge is 0.264 e. The predicted octanol–water partition coefficient (Wildman–Crippen LogP) is 4.09. The van der Waals surface area contributed by atoms with Gasteiger partial charge in [-0.2, -0.15) is 0 Å². The minimum Gasteiger partial charge on any atom is -0.302 e. The van der Waals surface area contributed by atoms with Crippen molar-refractivity contribution in [1.29, 1.82) is 0 Å². The molecule has 1 aromatic heterocycles. The molecule has 0 N–H and O–H groups in total. The molecular formula is C15H13F3INO. The van der Waals surface area contributed by atoms with Crippen molar-refractivity contribution in [3.05, 3.63) is 55.6 Å². The van der Waals surface area contributed by atoms with E-state index in [1.807, 2.05) is 29.5 Å². The largest absolute Gasteiger partial charge is 0.302 e. The quantitative estimate of drug-likeness (QED) is 0.701. The Morgan fingerprint density at radius 1 is 1.24 bits per heavy atom. The lowest BCUT2D eigenvalue weighted by Crippen LogP contribution is -2.26. The van der Waals surface area contributed by atoms with Crippen molar-refractivity contribution in [2.75, 3.05) is 0 Å². The molecule has 1 heterocycles. The first-order chi connectivity index (χ1) is 9.93. The van der Waals surface area contributed by atoms with Gasteiger partial charge in [0.25, 0.3) is 12.0 Å². The molecule has 0 aliphatic carbocycles. The van der Waals surface area contributed by atoms with Crippen LogP contribution < -0.4 is 5.56 Å². The van der Waals surface area contributed by atoms with E-state index in [1.54, 1.807) is 12.1 Å². The summed E-state index contributed by atoms with van der Waals surface area (Å²) in [6.07, 6.45) is -2.09. The lowest BCUT2D eigenvalue weighted by atomic mass is 10.0. The first-order valence-corrected chi connectivity index (χ1v) is 7.48. The van der Waals surface area contributed by atoms with Gasteiger partial charge in [-0.1, -0.05) is 6.92 Å². The molecule has 0 radical (unpaired) electrons. The molecule has 112 valence electrons. The van der Waals surface area contributed by atoms with Crippen molar-refractivity contribution in [1.82, 2.24) is 4.57 Å². The van der Waals surface area contributed by atoms with Crippen molar-refractivity contribution in [3.8, 4) is 11.3 Å². The zero-order chi connectivity index (χ0) is 15.6. The highest BCUT2D eigenvalue weighted by Gasteiger charge is 2.15. The van der Waals surface area contributed by atoms with Crippen molar-refractivity contribution in [2.24, 2.45) is 0 Å². The Labute approximate surface area is 133 Å². The zero-order valence-electron chi connectivity index (χ0n) is 11.2. The van der Waals surface area contributed by atoms with Gasteiger partial charge in [0.05, 0.1) is 15.8 Å². The molecule has 0 bridgehead atoms. The summed E-state index contributed by atoms with van der Waals surface area (Å²) in [5.74, 6) is -0.385. The highest BCUT2D eigenvalue weighted by Crippen LogP contribution is 2.25. The molecule has 0 fully saturated rings. The van der Waals surface area contributed by atoms with Gasteiger partial charge in [-0.15, -0.1) is 0 Å². The average molecular weight is 407 g/mol. The summed E-state index contributed by atoms with van der Waals surface area (Å²) in [6.45, 7) is 1.17. The Balaban J connectivity index is 2.69. The van der Waals surface area contributed by atoms with Gasteiger partial charge in [0.2, 0.25) is 0 Å². The number of aromatic nitrogens is 1. The van der Waals surface area contributed by atoms with E-state index >= 15 is 0 Å². The van der Waals surface area contributed by atoms with Crippen LogP contribution in [-0.4, -0.2) is 11.0 Å². The number of nitrogens with zero attached hydrogens (tertiary/aromatic N) is 1. The normalized spacial score (nSPS) is 11.1. The SMILES string of the molecule is CCc1cc(F)ccc1-c1ccc(I)c(=O)n1CC(F)F. The van der Waals surface area contributed by atoms with Crippen LogP contribution in [0.2, 0.25) is 0 Å². The fraction of sp³-hybridized carbons (Fsp3) is 0.267. The van der Waals surface area contributed by atoms with Crippen LogP contribution in [0.4, 0.5) is 13.2 Å². The number of benzene rings is 1. The van der Waals surface area contributed by atoms with Gasteiger partial charge in [-0.25, -0.2) is 13.2 Å². The van der Waals surface area contributed by atoms with Gasteiger partial charge in [0, 0.05) is 5.56 Å². The van der Waals surface area contributed by atoms with E-state index in [4.69, 9.17) is 0 Å². The Bertz CT molecular complexity index is 713. The standard InChI is InChI=1S/C15H13F3INO/c1-2-9-7-10(16)3-4-11(9)13-6-5-12(19)15(21)20(13)8-14(17)18/h3-7,14H,2,8H2,1H3. The summed E-state index contributed by atoms with van der Waals surface area (Å²) in [6, 6.07) is 7.37. The second-order valence-electron chi connectivity index (χ2n) is 4.53. The maximum atomic E-state index is 13.3. The van der Waals surface area contributed by atoms with Crippen molar-refractivity contribution < 1.29 is 13.2 Å². The maximum Gasteiger partial charge on any atom is 0.264 e. The Hall–Kier alpha value is -1.31. The van der Waals surface area contributed by atoms with Gasteiger partial charge >= 0.3 is 0 Å². The van der Waals surface area contributed by atoms with Gasteiger partial charge in [0.15, 0.2) is 0 Å². The number of rotatable bonds is 4. The van der Waals surface area contributed by atoms with Gasteiger partial charge < -0.3 is 4.57 Å². The highest BCUT2D eigenvalue weighted by molar-refractivity contribution is 14.1. The minimum atomic E-state index is -2.63. The number of aryl methyl sites for hydroxylation is 1. The highest BCUT2D eigenvalue weighted by atomic mass is 127. The molecule has 0 amide bonds. The second kappa shape index (κ2) is 6.64. The predicted molar refractivity (Wildman–Crippen MR) is 84.2 cm³/mol. The molecule has 0 aliphatic heterocycles. The monoisotopic (exact) mass is 407 g/mol. The first kappa shape index (κ1) is 16.1. The third-order valence-corrected chi connectivity index (χ3v) is 3.99. The van der Waals surface area contributed by atoms with Crippen LogP contribution in [0.25, 0.3) is 11.3 Å². The first-order valence-electron chi connectivity index (χ1n) is 6.40. The van der Waals surface area contributed by atoms with Crippen LogP contribution in [-0.2, 0) is 13.0 Å². The van der Waals surface area contributed by atoms with E-state index in [1.165, 1.54) is 18.2 Å². The Morgan fingerprint density at radius 3 is 2.57 bits per heavy atom. The molecule has 0 saturated heterocycles. The molecule has 2 aromatic rings. The number of halogens is 4. The van der Waals surface area contributed by atoms with Crippen LogP contribution in [0, 0.1) is 9.39 Å². The lowest BCUT2D eigenvalue weighted by molar-refractivity contribution is 0.125. The number of hydrogen-bond acceptors (Lipinski definition) is 1. The van der Waals surface area contributed by atoms with E-state index in [9.17, 15) is 18.0 Å². The molecule has 6 heteroatoms. The van der Waals surface area contributed by atoms with Crippen LogP contribution in [0.1, 0.15) is 12.5 Å². The molecule has 0 aliphatic rings. The van der Waals surface area contributed by atoms with E-state index in [0.717, 1.165) is 4.57 Å². The second-order valence-corrected chi connectivity index (χ2v) is 5.69. The average Bonchev–Trinajstić information content (AvgIpc) is 2.44. The summed E-state index contributed by atoms with van der Waals surface area (Å²) in [7, 11) is 0. The van der Waals surface area contributed by atoms with Gasteiger partial charge in [-0.3, -0.25) is 4.79 Å². The molecule has 2 rings (SSSR count). The molecule has 0 saturated carbocycles. The van der Waals surface area contributed by atoms with E-state index < -0.39 is 18.5 Å². The topological polar surface area (TPSA) is 22.0 Å².